The highest BCUT2D eigenvalue weighted by atomic mass is 32.1. The van der Waals surface area contributed by atoms with E-state index in [0.717, 1.165) is 62.5 Å². The number of thiophene rings is 1. The van der Waals surface area contributed by atoms with Gasteiger partial charge in [0.25, 0.3) is 5.91 Å². The van der Waals surface area contributed by atoms with Crippen LogP contribution in [-0.4, -0.2) is 37.5 Å². The molecular weight excluding hydrogens is 292 g/mol. The average Bonchev–Trinajstić information content (AvgIpc) is 2.96. The van der Waals surface area contributed by atoms with Crippen molar-refractivity contribution in [1.29, 1.82) is 0 Å². The fraction of sp³-hybridized carbons (Fsp3) is 0.722. The van der Waals surface area contributed by atoms with Crippen molar-refractivity contribution in [3.8, 4) is 0 Å². The van der Waals surface area contributed by atoms with Gasteiger partial charge >= 0.3 is 0 Å². The molecule has 0 unspecified atom stereocenters. The molecule has 0 aromatic carbocycles. The Morgan fingerprint density at radius 2 is 2.09 bits per heavy atom. The summed E-state index contributed by atoms with van der Waals surface area (Å²) in [4.78, 5) is 17.2. The van der Waals surface area contributed by atoms with Gasteiger partial charge in [0.05, 0.1) is 4.88 Å². The summed E-state index contributed by atoms with van der Waals surface area (Å²) in [6.45, 7) is 7.33. The summed E-state index contributed by atoms with van der Waals surface area (Å²) in [6.07, 6.45) is 6.83. The molecule has 1 aliphatic heterocycles. The highest BCUT2D eigenvalue weighted by Crippen LogP contribution is 2.28. The maximum absolute atomic E-state index is 12.7. The molecule has 1 aromatic heterocycles. The minimum Gasteiger partial charge on any atom is -0.338 e. The van der Waals surface area contributed by atoms with Crippen LogP contribution >= 0.6 is 11.3 Å². The Balaban J connectivity index is 1.95. The minimum atomic E-state index is 0.258. The van der Waals surface area contributed by atoms with Gasteiger partial charge in [0, 0.05) is 18.0 Å². The summed E-state index contributed by atoms with van der Waals surface area (Å²) in [5.74, 6) is 1.04. The normalized spacial score (nSPS) is 16.2. The molecule has 1 aliphatic rings. The van der Waals surface area contributed by atoms with E-state index in [0.29, 0.717) is 0 Å². The molecule has 2 rings (SSSR count). The van der Waals surface area contributed by atoms with Crippen LogP contribution in [0.15, 0.2) is 6.07 Å². The third-order valence-electron chi connectivity index (χ3n) is 4.67. The molecule has 3 nitrogen and oxygen atoms in total. The van der Waals surface area contributed by atoms with E-state index in [2.05, 4.69) is 30.1 Å². The van der Waals surface area contributed by atoms with Crippen LogP contribution < -0.4 is 5.32 Å². The first-order chi connectivity index (χ1) is 10.7. The van der Waals surface area contributed by atoms with Crippen LogP contribution in [0.4, 0.5) is 0 Å². The van der Waals surface area contributed by atoms with Crippen molar-refractivity contribution in [1.82, 2.24) is 10.2 Å². The molecule has 2 heterocycles. The van der Waals surface area contributed by atoms with Crippen LogP contribution in [0, 0.1) is 5.92 Å². The fourth-order valence-electron chi connectivity index (χ4n) is 3.24. The molecule has 0 radical (unpaired) electrons. The molecule has 1 saturated heterocycles. The second-order valence-electron chi connectivity index (χ2n) is 6.29. The van der Waals surface area contributed by atoms with Crippen molar-refractivity contribution in [3.05, 3.63) is 21.4 Å². The smallest absolute Gasteiger partial charge is 0.263 e. The molecule has 1 aromatic rings. The minimum absolute atomic E-state index is 0.258. The lowest BCUT2D eigenvalue weighted by molar-refractivity contribution is 0.0692. The van der Waals surface area contributed by atoms with Gasteiger partial charge in [-0.2, -0.15) is 0 Å². The van der Waals surface area contributed by atoms with Crippen LogP contribution in [0.5, 0.6) is 0 Å². The number of rotatable bonds is 7. The van der Waals surface area contributed by atoms with Crippen LogP contribution in [0.2, 0.25) is 0 Å². The number of nitrogens with one attached hydrogen (secondary N) is 1. The first-order valence-electron chi connectivity index (χ1n) is 8.75. The first kappa shape index (κ1) is 17.5. The van der Waals surface area contributed by atoms with Gasteiger partial charge in [0.1, 0.15) is 0 Å². The first-order valence-corrected chi connectivity index (χ1v) is 9.56. The zero-order valence-electron chi connectivity index (χ0n) is 14.3. The quantitative estimate of drug-likeness (QED) is 0.829. The van der Waals surface area contributed by atoms with E-state index >= 15 is 0 Å². The molecule has 4 heteroatoms. The molecule has 22 heavy (non-hydrogen) atoms. The Morgan fingerprint density at radius 1 is 1.36 bits per heavy atom. The molecule has 0 spiro atoms. The van der Waals surface area contributed by atoms with Crippen molar-refractivity contribution < 1.29 is 4.79 Å². The van der Waals surface area contributed by atoms with E-state index in [4.69, 9.17) is 0 Å². The third-order valence-corrected chi connectivity index (χ3v) is 5.89. The van der Waals surface area contributed by atoms with E-state index in [1.54, 1.807) is 11.3 Å². The van der Waals surface area contributed by atoms with Gasteiger partial charge in [-0.1, -0.05) is 20.3 Å². The summed E-state index contributed by atoms with van der Waals surface area (Å²) in [6, 6.07) is 2.14. The van der Waals surface area contributed by atoms with Gasteiger partial charge in [-0.3, -0.25) is 4.79 Å². The second kappa shape index (κ2) is 8.68. The summed E-state index contributed by atoms with van der Waals surface area (Å²) in [7, 11) is 2.01. The number of carbonyl (C=O) groups excluding carboxylic acids is 1. The van der Waals surface area contributed by atoms with Crippen LogP contribution in [-0.2, 0) is 12.8 Å². The summed E-state index contributed by atoms with van der Waals surface area (Å²) in [5, 5.41) is 3.22. The highest BCUT2D eigenvalue weighted by Gasteiger charge is 2.25. The van der Waals surface area contributed by atoms with Gasteiger partial charge in [-0.15, -0.1) is 11.3 Å². The molecule has 124 valence electrons. The van der Waals surface area contributed by atoms with Crippen molar-refractivity contribution in [2.45, 2.75) is 52.4 Å². The van der Waals surface area contributed by atoms with Crippen molar-refractivity contribution in [2.75, 3.05) is 26.7 Å². The fourth-order valence-corrected chi connectivity index (χ4v) is 4.56. The number of nitrogens with zero attached hydrogens (tertiary/aromatic N) is 1. The maximum atomic E-state index is 12.7. The molecule has 1 amide bonds. The highest BCUT2D eigenvalue weighted by molar-refractivity contribution is 7.14. The number of amides is 1. The molecule has 1 N–H and O–H groups in total. The van der Waals surface area contributed by atoms with Crippen LogP contribution in [0.3, 0.4) is 0 Å². The van der Waals surface area contributed by atoms with Gasteiger partial charge < -0.3 is 10.2 Å². The molecule has 0 bridgehead atoms. The van der Waals surface area contributed by atoms with Gasteiger partial charge in [-0.25, -0.2) is 0 Å². The van der Waals surface area contributed by atoms with Crippen molar-refractivity contribution in [3.63, 3.8) is 0 Å². The standard InChI is InChI=1S/C18H30N2OS/c1-4-6-16-15(5-2)13-17(22-16)18(21)20-11-8-14(9-12-20)7-10-19-3/h13-14,19H,4-12H2,1-3H3. The number of likely N-dealkylation sites (tertiary alicyclic amines) is 1. The lowest BCUT2D eigenvalue weighted by atomic mass is 9.93. The zero-order chi connectivity index (χ0) is 15.9. The number of hydrogen-bond donors (Lipinski definition) is 1. The third kappa shape index (κ3) is 4.32. The number of hydrogen-bond acceptors (Lipinski definition) is 3. The van der Waals surface area contributed by atoms with E-state index < -0.39 is 0 Å². The van der Waals surface area contributed by atoms with E-state index in [-0.39, 0.29) is 5.91 Å². The van der Waals surface area contributed by atoms with Crippen molar-refractivity contribution in [2.24, 2.45) is 5.92 Å². The molecular formula is C18H30N2OS. The predicted molar refractivity (Wildman–Crippen MR) is 94.9 cm³/mol. The van der Waals surface area contributed by atoms with Gasteiger partial charge in [0.2, 0.25) is 0 Å². The van der Waals surface area contributed by atoms with Gasteiger partial charge in [-0.05, 0) is 63.2 Å². The largest absolute Gasteiger partial charge is 0.338 e. The Labute approximate surface area is 139 Å². The molecule has 0 atom stereocenters. The summed E-state index contributed by atoms with van der Waals surface area (Å²) >= 11 is 1.72. The summed E-state index contributed by atoms with van der Waals surface area (Å²) < 4.78 is 0. The van der Waals surface area contributed by atoms with E-state index in [1.165, 1.54) is 16.9 Å². The van der Waals surface area contributed by atoms with E-state index in [9.17, 15) is 4.79 Å². The average molecular weight is 323 g/mol. The Morgan fingerprint density at radius 3 is 2.68 bits per heavy atom. The summed E-state index contributed by atoms with van der Waals surface area (Å²) in [5.41, 5.74) is 1.37. The molecule has 0 aliphatic carbocycles. The Kier molecular flexibility index (Phi) is 6.90. The number of carbonyl (C=O) groups is 1. The molecule has 1 fully saturated rings. The van der Waals surface area contributed by atoms with Crippen LogP contribution in [0.25, 0.3) is 0 Å². The number of piperidine rings is 1. The monoisotopic (exact) mass is 322 g/mol. The SMILES string of the molecule is CCCc1sc(C(=O)N2CCC(CCNC)CC2)cc1CC. The van der Waals surface area contributed by atoms with Gasteiger partial charge in [0.15, 0.2) is 0 Å². The van der Waals surface area contributed by atoms with Crippen LogP contribution in [0.1, 0.15) is 59.6 Å². The lowest BCUT2D eigenvalue weighted by Crippen LogP contribution is -2.38. The predicted octanol–water partition coefficient (Wildman–Crippen LogP) is 3.72. The number of aryl methyl sites for hydroxylation is 2. The Bertz CT molecular complexity index is 475. The van der Waals surface area contributed by atoms with Crippen molar-refractivity contribution >= 4 is 17.2 Å². The topological polar surface area (TPSA) is 32.3 Å². The maximum Gasteiger partial charge on any atom is 0.263 e. The Hall–Kier alpha value is -0.870. The van der Waals surface area contributed by atoms with E-state index in [1.807, 2.05) is 7.05 Å². The lowest BCUT2D eigenvalue weighted by Gasteiger charge is -2.31. The zero-order valence-corrected chi connectivity index (χ0v) is 15.1. The molecule has 0 saturated carbocycles. The second-order valence-corrected chi connectivity index (χ2v) is 7.43.